The summed E-state index contributed by atoms with van der Waals surface area (Å²) in [5, 5.41) is 14.9. The van der Waals surface area contributed by atoms with E-state index in [9.17, 15) is 23.3 Å². The largest absolute Gasteiger partial charge is 0.272 e. The molecular formula is C22H19ClN4O5S. The third-order valence-corrected chi connectivity index (χ3v) is 6.54. The Morgan fingerprint density at radius 1 is 1.03 bits per heavy atom. The first-order chi connectivity index (χ1) is 15.8. The van der Waals surface area contributed by atoms with Crippen molar-refractivity contribution < 1.29 is 18.1 Å². The third kappa shape index (κ3) is 6.69. The van der Waals surface area contributed by atoms with Crippen molar-refractivity contribution in [3.8, 4) is 0 Å². The van der Waals surface area contributed by atoms with Crippen molar-refractivity contribution >= 4 is 39.4 Å². The van der Waals surface area contributed by atoms with E-state index in [0.29, 0.717) is 16.1 Å². The number of nitrogens with zero attached hydrogens (tertiary/aromatic N) is 3. The first-order valence-corrected chi connectivity index (χ1v) is 11.4. The van der Waals surface area contributed by atoms with Gasteiger partial charge in [-0.1, -0.05) is 41.9 Å². The number of hydrogen-bond donors (Lipinski definition) is 1. The van der Waals surface area contributed by atoms with Crippen molar-refractivity contribution in [2.75, 3.05) is 6.54 Å². The van der Waals surface area contributed by atoms with Gasteiger partial charge in [0.15, 0.2) is 0 Å². The minimum Gasteiger partial charge on any atom is -0.272 e. The lowest BCUT2D eigenvalue weighted by molar-refractivity contribution is -0.384. The number of nitrogens with one attached hydrogen (secondary N) is 1. The number of hydrogen-bond acceptors (Lipinski definition) is 6. The predicted molar refractivity (Wildman–Crippen MR) is 124 cm³/mol. The summed E-state index contributed by atoms with van der Waals surface area (Å²) in [6, 6.07) is 20.1. The Bertz CT molecular complexity index is 1250. The fourth-order valence-electron chi connectivity index (χ4n) is 2.82. The van der Waals surface area contributed by atoms with Crippen molar-refractivity contribution in [2.24, 2.45) is 5.10 Å². The van der Waals surface area contributed by atoms with E-state index in [1.807, 2.05) is 0 Å². The average molecular weight is 487 g/mol. The molecule has 3 aromatic rings. The molecule has 1 amide bonds. The van der Waals surface area contributed by atoms with Crippen molar-refractivity contribution in [3.05, 3.63) is 105 Å². The van der Waals surface area contributed by atoms with E-state index in [4.69, 9.17) is 11.6 Å². The molecule has 0 aliphatic rings. The zero-order valence-corrected chi connectivity index (χ0v) is 18.7. The summed E-state index contributed by atoms with van der Waals surface area (Å²) in [5.41, 5.74) is 3.45. The summed E-state index contributed by atoms with van der Waals surface area (Å²) in [6.45, 7) is -0.497. The lowest BCUT2D eigenvalue weighted by atomic mass is 10.2. The smallest absolute Gasteiger partial charge is 0.269 e. The maximum absolute atomic E-state index is 13.2. The molecule has 11 heteroatoms. The van der Waals surface area contributed by atoms with Crippen molar-refractivity contribution in [3.63, 3.8) is 0 Å². The number of hydrazone groups is 1. The van der Waals surface area contributed by atoms with Gasteiger partial charge >= 0.3 is 0 Å². The molecule has 9 nitrogen and oxygen atoms in total. The van der Waals surface area contributed by atoms with Gasteiger partial charge in [0.25, 0.3) is 11.6 Å². The van der Waals surface area contributed by atoms with Crippen LogP contribution < -0.4 is 5.43 Å². The van der Waals surface area contributed by atoms with E-state index in [-0.39, 0.29) is 17.1 Å². The molecule has 1 N–H and O–H groups in total. The van der Waals surface area contributed by atoms with Gasteiger partial charge in [-0.2, -0.15) is 9.41 Å². The molecule has 33 heavy (non-hydrogen) atoms. The highest BCUT2D eigenvalue weighted by atomic mass is 35.5. The van der Waals surface area contributed by atoms with Gasteiger partial charge in [-0.15, -0.1) is 0 Å². The van der Waals surface area contributed by atoms with Crippen LogP contribution in [0.2, 0.25) is 5.02 Å². The molecule has 0 saturated heterocycles. The van der Waals surface area contributed by atoms with Crippen LogP contribution in [0.15, 0.2) is 88.9 Å². The fraction of sp³-hybridized carbons (Fsp3) is 0.0909. The Morgan fingerprint density at radius 3 is 2.27 bits per heavy atom. The summed E-state index contributed by atoms with van der Waals surface area (Å²) < 4.78 is 27.4. The summed E-state index contributed by atoms with van der Waals surface area (Å²) in [4.78, 5) is 22.7. The quantitative estimate of drug-likeness (QED) is 0.281. The molecule has 170 valence electrons. The number of sulfonamides is 1. The number of carbonyl (C=O) groups is 1. The van der Waals surface area contributed by atoms with Crippen LogP contribution in [0, 0.1) is 10.1 Å². The number of nitro groups is 1. The summed E-state index contributed by atoms with van der Waals surface area (Å²) in [5.74, 6) is -0.651. The predicted octanol–water partition coefficient (Wildman–Crippen LogP) is 3.59. The van der Waals surface area contributed by atoms with E-state index < -0.39 is 27.4 Å². The van der Waals surface area contributed by atoms with Crippen LogP contribution in [-0.2, 0) is 21.4 Å². The number of benzene rings is 3. The van der Waals surface area contributed by atoms with Gasteiger partial charge in [0, 0.05) is 23.7 Å². The van der Waals surface area contributed by atoms with E-state index in [1.54, 1.807) is 30.3 Å². The van der Waals surface area contributed by atoms with Crippen molar-refractivity contribution in [2.45, 2.75) is 11.4 Å². The number of halogens is 1. The van der Waals surface area contributed by atoms with Crippen LogP contribution in [0.4, 0.5) is 5.69 Å². The second-order valence-corrected chi connectivity index (χ2v) is 9.23. The van der Waals surface area contributed by atoms with Crippen LogP contribution in [0.25, 0.3) is 0 Å². The highest BCUT2D eigenvalue weighted by molar-refractivity contribution is 7.89. The van der Waals surface area contributed by atoms with Crippen molar-refractivity contribution in [1.29, 1.82) is 0 Å². The molecule has 0 heterocycles. The first kappa shape index (κ1) is 24.1. The maximum Gasteiger partial charge on any atom is 0.269 e. The Labute approximate surface area is 195 Å². The van der Waals surface area contributed by atoms with Crippen LogP contribution >= 0.6 is 11.6 Å². The Hall–Kier alpha value is -3.60. The van der Waals surface area contributed by atoms with E-state index >= 15 is 0 Å². The number of nitro benzene ring substituents is 1. The molecule has 0 unspecified atom stereocenters. The first-order valence-electron chi connectivity index (χ1n) is 9.62. The van der Waals surface area contributed by atoms with Gasteiger partial charge in [0.05, 0.1) is 22.6 Å². The van der Waals surface area contributed by atoms with Gasteiger partial charge < -0.3 is 0 Å². The Balaban J connectivity index is 1.74. The molecule has 0 fully saturated rings. The van der Waals surface area contributed by atoms with E-state index in [1.165, 1.54) is 54.7 Å². The summed E-state index contributed by atoms with van der Waals surface area (Å²) >= 11 is 5.87. The molecule has 0 aliphatic carbocycles. The third-order valence-electron chi connectivity index (χ3n) is 4.48. The zero-order valence-electron chi connectivity index (χ0n) is 17.2. The Kier molecular flexibility index (Phi) is 7.88. The lowest BCUT2D eigenvalue weighted by Crippen LogP contribution is -2.39. The zero-order chi connectivity index (χ0) is 23.8. The van der Waals surface area contributed by atoms with Crippen LogP contribution in [0.1, 0.15) is 11.1 Å². The fourth-order valence-corrected chi connectivity index (χ4v) is 4.34. The number of amides is 1. The SMILES string of the molecule is O=C(CN(Cc1ccccc1)S(=O)(=O)c1ccc(Cl)cc1)N/N=C\c1ccc([N+](=O)[O-])cc1. The van der Waals surface area contributed by atoms with Gasteiger partial charge in [-0.3, -0.25) is 14.9 Å². The van der Waals surface area contributed by atoms with Gasteiger partial charge in [0.1, 0.15) is 0 Å². The molecule has 3 rings (SSSR count). The highest BCUT2D eigenvalue weighted by Gasteiger charge is 2.27. The maximum atomic E-state index is 13.2. The standard InChI is InChI=1S/C22H19ClN4O5S/c23-19-8-12-21(13-9-19)33(31,32)26(15-18-4-2-1-3-5-18)16-22(28)25-24-14-17-6-10-20(11-7-17)27(29)30/h1-14H,15-16H2,(H,25,28)/b24-14-. The molecule has 0 atom stereocenters. The molecule has 0 radical (unpaired) electrons. The Morgan fingerprint density at radius 2 is 1.67 bits per heavy atom. The van der Waals surface area contributed by atoms with Crippen molar-refractivity contribution in [1.82, 2.24) is 9.73 Å². The van der Waals surface area contributed by atoms with Gasteiger partial charge in [0.2, 0.25) is 10.0 Å². The van der Waals surface area contributed by atoms with Crippen LogP contribution in [-0.4, -0.2) is 36.3 Å². The molecule has 0 aliphatic heterocycles. The van der Waals surface area contributed by atoms with E-state index in [2.05, 4.69) is 10.5 Å². The summed E-state index contributed by atoms with van der Waals surface area (Å²) in [7, 11) is -4.00. The highest BCUT2D eigenvalue weighted by Crippen LogP contribution is 2.20. The minimum atomic E-state index is -4.00. The topological polar surface area (TPSA) is 122 Å². The molecule has 0 saturated carbocycles. The average Bonchev–Trinajstić information content (AvgIpc) is 2.80. The van der Waals surface area contributed by atoms with Crippen LogP contribution in [0.5, 0.6) is 0 Å². The number of non-ortho nitro benzene ring substituents is 1. The molecule has 0 aromatic heterocycles. The lowest BCUT2D eigenvalue weighted by Gasteiger charge is -2.21. The van der Waals surface area contributed by atoms with Gasteiger partial charge in [-0.25, -0.2) is 13.8 Å². The normalized spacial score (nSPS) is 11.6. The molecular weight excluding hydrogens is 468 g/mol. The molecule has 0 spiro atoms. The van der Waals surface area contributed by atoms with Crippen LogP contribution in [0.3, 0.4) is 0 Å². The number of carbonyl (C=O) groups excluding carboxylic acids is 1. The molecule has 3 aromatic carbocycles. The van der Waals surface area contributed by atoms with Gasteiger partial charge in [-0.05, 0) is 47.5 Å². The number of rotatable bonds is 9. The minimum absolute atomic E-state index is 0.00464. The van der Waals surface area contributed by atoms with E-state index in [0.717, 1.165) is 4.31 Å². The second-order valence-electron chi connectivity index (χ2n) is 6.85. The summed E-state index contributed by atoms with van der Waals surface area (Å²) in [6.07, 6.45) is 1.30. The molecule has 0 bridgehead atoms. The second kappa shape index (κ2) is 10.8. The monoisotopic (exact) mass is 486 g/mol.